The van der Waals surface area contributed by atoms with E-state index in [1.54, 1.807) is 18.2 Å². The van der Waals surface area contributed by atoms with E-state index >= 15 is 0 Å². The molecule has 1 aliphatic carbocycles. The minimum absolute atomic E-state index is 0.0381. The number of phenols is 1. The van der Waals surface area contributed by atoms with Crippen LogP contribution in [0.3, 0.4) is 0 Å². The number of amides is 2. The SMILES string of the molecule is O=C(COc1cccc(C(O)(C(=O)O)c2ccccc2)c1)NC1CC(NC(=O)c2ccc(CNCC(O)c3ccc(O)c4[nH]c(=O)ccc34)c(F)c2F)C1. The van der Waals surface area contributed by atoms with Gasteiger partial charge in [-0.25, -0.2) is 13.6 Å². The molecule has 15 heteroatoms. The standard InChI is InChI=1S/C39H36F2N4O9/c40-34-21(18-42-19-31(47)27-11-13-30(46)36-28(27)12-14-32(48)45-36)9-10-29(35(34)41)37(50)44-25-16-24(17-25)43-33(49)20-54-26-8-4-7-23(15-26)39(53,38(51)52)22-5-2-1-3-6-22/h1-15,24-25,31,42,46-47,53H,16-20H2,(H,43,49)(H,44,50)(H,45,48)(H,51,52). The molecular formula is C39H36F2N4O9. The number of aromatic hydroxyl groups is 1. The van der Waals surface area contributed by atoms with Gasteiger partial charge in [-0.1, -0.05) is 54.6 Å². The Bertz CT molecular complexity index is 2260. The maximum atomic E-state index is 15.0. The smallest absolute Gasteiger partial charge is 0.345 e. The van der Waals surface area contributed by atoms with Crippen molar-refractivity contribution in [1.82, 2.24) is 20.9 Å². The third kappa shape index (κ3) is 7.93. The summed E-state index contributed by atoms with van der Waals surface area (Å²) in [6, 6.07) is 20.9. The number of pyridine rings is 1. The fourth-order valence-electron chi connectivity index (χ4n) is 6.34. The molecular weight excluding hydrogens is 706 g/mol. The maximum absolute atomic E-state index is 15.0. The predicted molar refractivity (Wildman–Crippen MR) is 191 cm³/mol. The highest BCUT2D eigenvalue weighted by Gasteiger charge is 2.40. The molecule has 54 heavy (non-hydrogen) atoms. The van der Waals surface area contributed by atoms with E-state index in [9.17, 15) is 48.4 Å². The van der Waals surface area contributed by atoms with Crippen molar-refractivity contribution in [3.63, 3.8) is 0 Å². The molecule has 2 atom stereocenters. The second kappa shape index (κ2) is 15.8. The molecule has 0 saturated heterocycles. The molecule has 2 amide bonds. The Morgan fingerprint density at radius 3 is 2.35 bits per heavy atom. The molecule has 2 unspecified atom stereocenters. The first-order valence-corrected chi connectivity index (χ1v) is 16.9. The highest BCUT2D eigenvalue weighted by atomic mass is 19.2. The lowest BCUT2D eigenvalue weighted by molar-refractivity contribution is -0.155. The Morgan fingerprint density at radius 1 is 0.889 bits per heavy atom. The predicted octanol–water partition coefficient (Wildman–Crippen LogP) is 3.11. The number of carboxylic acid groups (broad SMARTS) is 1. The summed E-state index contributed by atoms with van der Waals surface area (Å²) in [5.74, 6) is -5.36. The minimum atomic E-state index is -2.34. The Kier molecular flexibility index (Phi) is 11.0. The molecule has 5 aromatic rings. The van der Waals surface area contributed by atoms with Crippen LogP contribution in [0, 0.1) is 11.6 Å². The number of aromatic amines is 1. The van der Waals surface area contributed by atoms with E-state index in [1.165, 1.54) is 66.7 Å². The Balaban J connectivity index is 0.958. The molecule has 4 aromatic carbocycles. The lowest BCUT2D eigenvalue weighted by Crippen LogP contribution is -2.54. The van der Waals surface area contributed by atoms with Gasteiger partial charge < -0.3 is 46.1 Å². The van der Waals surface area contributed by atoms with Gasteiger partial charge in [0.25, 0.3) is 11.8 Å². The number of carboxylic acids is 1. The maximum Gasteiger partial charge on any atom is 0.345 e. The van der Waals surface area contributed by atoms with Crippen molar-refractivity contribution in [2.24, 2.45) is 0 Å². The second-order valence-corrected chi connectivity index (χ2v) is 12.9. The minimum Gasteiger partial charge on any atom is -0.506 e. The normalized spacial score (nSPS) is 16.8. The third-order valence-electron chi connectivity index (χ3n) is 9.29. The molecule has 0 radical (unpaired) electrons. The number of H-pyrrole nitrogens is 1. The van der Waals surface area contributed by atoms with Crippen LogP contribution in [-0.4, -0.2) is 68.4 Å². The molecule has 1 aromatic heterocycles. The van der Waals surface area contributed by atoms with E-state index in [-0.39, 0.29) is 52.8 Å². The molecule has 6 rings (SSSR count). The molecule has 1 heterocycles. The first-order valence-electron chi connectivity index (χ1n) is 16.9. The zero-order chi connectivity index (χ0) is 38.6. The van der Waals surface area contributed by atoms with Crippen LogP contribution in [-0.2, 0) is 21.7 Å². The largest absolute Gasteiger partial charge is 0.506 e. The van der Waals surface area contributed by atoms with Crippen LogP contribution < -0.4 is 26.2 Å². The number of aliphatic hydroxyl groups is 2. The lowest BCUT2D eigenvalue weighted by Gasteiger charge is -2.36. The van der Waals surface area contributed by atoms with Gasteiger partial charge >= 0.3 is 5.97 Å². The van der Waals surface area contributed by atoms with Crippen molar-refractivity contribution in [2.75, 3.05) is 13.2 Å². The number of ether oxygens (including phenoxy) is 1. The molecule has 0 aliphatic heterocycles. The number of phenolic OH excluding ortho intramolecular Hbond substituents is 1. The number of aromatic nitrogens is 1. The number of halogens is 2. The fraction of sp³-hybridized carbons (Fsp3) is 0.231. The van der Waals surface area contributed by atoms with Crippen molar-refractivity contribution in [3.8, 4) is 11.5 Å². The molecule has 1 fully saturated rings. The first-order chi connectivity index (χ1) is 25.8. The van der Waals surface area contributed by atoms with Crippen molar-refractivity contribution < 1.29 is 48.3 Å². The highest BCUT2D eigenvalue weighted by molar-refractivity contribution is 5.95. The topological polar surface area (TPSA) is 210 Å². The quantitative estimate of drug-likeness (QED) is 0.0834. The van der Waals surface area contributed by atoms with E-state index in [0.717, 1.165) is 6.07 Å². The van der Waals surface area contributed by atoms with Gasteiger partial charge in [0.2, 0.25) is 11.2 Å². The number of rotatable bonds is 14. The molecule has 280 valence electrons. The van der Waals surface area contributed by atoms with Gasteiger partial charge in [0.15, 0.2) is 18.2 Å². The van der Waals surface area contributed by atoms with Gasteiger partial charge in [-0.2, -0.15) is 0 Å². The molecule has 8 N–H and O–H groups in total. The number of benzene rings is 4. The highest BCUT2D eigenvalue weighted by Crippen LogP contribution is 2.32. The van der Waals surface area contributed by atoms with Gasteiger partial charge in [-0.15, -0.1) is 0 Å². The van der Waals surface area contributed by atoms with Gasteiger partial charge in [-0.3, -0.25) is 14.4 Å². The Labute approximate surface area is 306 Å². The third-order valence-corrected chi connectivity index (χ3v) is 9.29. The number of fused-ring (bicyclic) bond motifs is 1. The summed E-state index contributed by atoms with van der Waals surface area (Å²) in [4.78, 5) is 51.6. The van der Waals surface area contributed by atoms with Crippen LogP contribution >= 0.6 is 0 Å². The molecule has 1 aliphatic rings. The van der Waals surface area contributed by atoms with E-state index < -0.39 is 64.9 Å². The average molecular weight is 743 g/mol. The van der Waals surface area contributed by atoms with E-state index in [4.69, 9.17) is 4.74 Å². The lowest BCUT2D eigenvalue weighted by atomic mass is 9.86. The number of hydrogen-bond donors (Lipinski definition) is 8. The summed E-state index contributed by atoms with van der Waals surface area (Å²) in [6.45, 7) is -0.660. The molecule has 13 nitrogen and oxygen atoms in total. The van der Waals surface area contributed by atoms with E-state index in [1.807, 2.05) is 0 Å². The second-order valence-electron chi connectivity index (χ2n) is 12.9. The van der Waals surface area contributed by atoms with Crippen LogP contribution in [0.15, 0.2) is 95.8 Å². The van der Waals surface area contributed by atoms with Crippen LogP contribution in [0.1, 0.15) is 51.6 Å². The molecule has 0 spiro atoms. The fourth-order valence-corrected chi connectivity index (χ4v) is 6.34. The summed E-state index contributed by atoms with van der Waals surface area (Å²) >= 11 is 0. The van der Waals surface area contributed by atoms with Crippen LogP contribution in [0.4, 0.5) is 8.78 Å². The number of nitrogens with one attached hydrogen (secondary N) is 4. The average Bonchev–Trinajstić information content (AvgIpc) is 3.15. The van der Waals surface area contributed by atoms with Gasteiger partial charge in [0, 0.05) is 47.8 Å². The molecule has 0 bridgehead atoms. The van der Waals surface area contributed by atoms with Crippen LogP contribution in [0.5, 0.6) is 11.5 Å². The van der Waals surface area contributed by atoms with Gasteiger partial charge in [0.1, 0.15) is 11.5 Å². The number of carbonyl (C=O) groups is 3. The number of carbonyl (C=O) groups excluding carboxylic acids is 2. The van der Waals surface area contributed by atoms with Crippen molar-refractivity contribution in [1.29, 1.82) is 0 Å². The molecule has 1 saturated carbocycles. The first kappa shape index (κ1) is 37.6. The monoisotopic (exact) mass is 742 g/mol. The van der Waals surface area contributed by atoms with Crippen molar-refractivity contribution >= 4 is 28.7 Å². The number of hydrogen-bond acceptors (Lipinski definition) is 9. The summed E-state index contributed by atoms with van der Waals surface area (Å²) < 4.78 is 35.5. The summed E-state index contributed by atoms with van der Waals surface area (Å²) in [6.07, 6.45) is -0.460. The van der Waals surface area contributed by atoms with Crippen molar-refractivity contribution in [2.45, 2.75) is 43.2 Å². The van der Waals surface area contributed by atoms with E-state index in [0.29, 0.717) is 23.8 Å². The zero-order valence-electron chi connectivity index (χ0n) is 28.5. The van der Waals surface area contributed by atoms with Crippen LogP contribution in [0.2, 0.25) is 0 Å². The number of aliphatic hydroxyl groups excluding tert-OH is 1. The van der Waals surface area contributed by atoms with Gasteiger partial charge in [-0.05, 0) is 54.3 Å². The summed E-state index contributed by atoms with van der Waals surface area (Å²) in [7, 11) is 0. The van der Waals surface area contributed by atoms with E-state index in [2.05, 4.69) is 20.9 Å². The Morgan fingerprint density at radius 2 is 1.61 bits per heavy atom. The number of aliphatic carboxylic acids is 1. The Hall–Kier alpha value is -6.16. The van der Waals surface area contributed by atoms with Crippen molar-refractivity contribution in [3.05, 3.63) is 141 Å². The van der Waals surface area contributed by atoms with Crippen LogP contribution in [0.25, 0.3) is 10.9 Å². The summed E-state index contributed by atoms with van der Waals surface area (Å²) in [5, 5.41) is 50.3. The summed E-state index contributed by atoms with van der Waals surface area (Å²) in [5.41, 5.74) is -2.60. The zero-order valence-corrected chi connectivity index (χ0v) is 28.5. The van der Waals surface area contributed by atoms with Gasteiger partial charge in [0.05, 0.1) is 17.2 Å².